The molecule has 20 heavy (non-hydrogen) atoms. The molecule has 4 nitrogen and oxygen atoms in total. The lowest BCUT2D eigenvalue weighted by atomic mass is 10.1. The van der Waals surface area contributed by atoms with Gasteiger partial charge in [0.25, 0.3) is 0 Å². The Morgan fingerprint density at radius 2 is 1.70 bits per heavy atom. The van der Waals surface area contributed by atoms with E-state index in [1.165, 1.54) is 0 Å². The first-order valence-electron chi connectivity index (χ1n) is 6.84. The van der Waals surface area contributed by atoms with E-state index in [-0.39, 0.29) is 11.8 Å². The average Bonchev–Trinajstić information content (AvgIpc) is 2.46. The summed E-state index contributed by atoms with van der Waals surface area (Å²) in [5, 5.41) is 0.710. The van der Waals surface area contributed by atoms with Crippen LogP contribution in [0.3, 0.4) is 0 Å². The lowest BCUT2D eigenvalue weighted by Gasteiger charge is -2.34. The molecule has 1 aliphatic rings. The molecule has 1 fully saturated rings. The number of halogens is 1. The van der Waals surface area contributed by atoms with E-state index in [4.69, 9.17) is 11.6 Å². The molecule has 2 rings (SSSR count). The smallest absolute Gasteiger partial charge is 0.223 e. The van der Waals surface area contributed by atoms with Gasteiger partial charge in [-0.3, -0.25) is 9.59 Å². The van der Waals surface area contributed by atoms with Crippen molar-refractivity contribution in [3.63, 3.8) is 0 Å². The van der Waals surface area contributed by atoms with Gasteiger partial charge in [-0.05, 0) is 18.1 Å². The largest absolute Gasteiger partial charge is 0.339 e. The maximum atomic E-state index is 12.1. The molecule has 0 spiro atoms. The lowest BCUT2D eigenvalue weighted by molar-refractivity contribution is -0.138. The Bertz CT molecular complexity index is 496. The van der Waals surface area contributed by atoms with Gasteiger partial charge in [-0.25, -0.2) is 0 Å². The van der Waals surface area contributed by atoms with E-state index in [0.717, 1.165) is 5.56 Å². The van der Waals surface area contributed by atoms with Crippen LogP contribution in [-0.2, 0) is 16.0 Å². The van der Waals surface area contributed by atoms with Gasteiger partial charge >= 0.3 is 0 Å². The van der Waals surface area contributed by atoms with E-state index in [0.29, 0.717) is 44.0 Å². The third-order valence-corrected chi connectivity index (χ3v) is 4.01. The number of rotatable bonds is 3. The van der Waals surface area contributed by atoms with Crippen LogP contribution < -0.4 is 0 Å². The van der Waals surface area contributed by atoms with Crippen molar-refractivity contribution in [1.29, 1.82) is 0 Å². The van der Waals surface area contributed by atoms with Crippen molar-refractivity contribution in [3.05, 3.63) is 34.9 Å². The minimum absolute atomic E-state index is 0.0770. The van der Waals surface area contributed by atoms with Gasteiger partial charge in [-0.2, -0.15) is 0 Å². The Morgan fingerprint density at radius 1 is 1.10 bits per heavy atom. The Balaban J connectivity index is 1.82. The third-order valence-electron chi connectivity index (χ3n) is 3.64. The molecular formula is C15H19ClN2O2. The number of nitrogens with zero attached hydrogens (tertiary/aromatic N) is 2. The van der Waals surface area contributed by atoms with Crippen molar-refractivity contribution >= 4 is 23.4 Å². The summed E-state index contributed by atoms with van der Waals surface area (Å²) in [6, 6.07) is 7.60. The van der Waals surface area contributed by atoms with Crippen molar-refractivity contribution in [2.45, 2.75) is 19.8 Å². The van der Waals surface area contributed by atoms with Crippen LogP contribution in [0.4, 0.5) is 0 Å². The number of piperazine rings is 1. The highest BCUT2D eigenvalue weighted by atomic mass is 35.5. The quantitative estimate of drug-likeness (QED) is 0.855. The summed E-state index contributed by atoms with van der Waals surface area (Å²) in [5.74, 6) is 0.210. The molecular weight excluding hydrogens is 276 g/mol. The number of carbonyl (C=O) groups is 2. The fourth-order valence-corrected chi connectivity index (χ4v) is 2.60. The second-order valence-corrected chi connectivity index (χ2v) is 5.39. The summed E-state index contributed by atoms with van der Waals surface area (Å²) in [5.41, 5.74) is 1.00. The first-order valence-corrected chi connectivity index (χ1v) is 7.22. The van der Waals surface area contributed by atoms with Crippen molar-refractivity contribution in [2.75, 3.05) is 26.2 Å². The Hall–Kier alpha value is -1.55. The molecule has 2 amide bonds. The lowest BCUT2D eigenvalue weighted by Crippen LogP contribution is -2.50. The summed E-state index contributed by atoms with van der Waals surface area (Å²) in [6.07, 6.45) is 1.12. The highest BCUT2D eigenvalue weighted by Crippen LogP contribution is 2.17. The molecule has 5 heteroatoms. The number of aryl methyl sites for hydroxylation is 1. The Labute approximate surface area is 124 Å². The first-order chi connectivity index (χ1) is 9.58. The van der Waals surface area contributed by atoms with E-state index in [9.17, 15) is 9.59 Å². The fraction of sp³-hybridized carbons (Fsp3) is 0.467. The van der Waals surface area contributed by atoms with Crippen molar-refractivity contribution < 1.29 is 9.59 Å². The highest BCUT2D eigenvalue weighted by molar-refractivity contribution is 6.31. The van der Waals surface area contributed by atoms with Crippen LogP contribution in [0, 0.1) is 0 Å². The van der Waals surface area contributed by atoms with Crippen LogP contribution in [0.1, 0.15) is 18.9 Å². The Morgan fingerprint density at radius 3 is 2.30 bits per heavy atom. The number of benzene rings is 1. The highest BCUT2D eigenvalue weighted by Gasteiger charge is 2.21. The molecule has 0 atom stereocenters. The van der Waals surface area contributed by atoms with Gasteiger partial charge in [0.1, 0.15) is 0 Å². The van der Waals surface area contributed by atoms with E-state index < -0.39 is 0 Å². The average molecular weight is 295 g/mol. The summed E-state index contributed by atoms with van der Waals surface area (Å²) < 4.78 is 0. The molecule has 0 aliphatic carbocycles. The molecule has 1 aromatic carbocycles. The maximum Gasteiger partial charge on any atom is 0.223 e. The van der Waals surface area contributed by atoms with E-state index in [2.05, 4.69) is 0 Å². The molecule has 1 saturated heterocycles. The van der Waals surface area contributed by atoms with Crippen molar-refractivity contribution in [3.8, 4) is 0 Å². The minimum Gasteiger partial charge on any atom is -0.339 e. The number of hydrogen-bond donors (Lipinski definition) is 0. The summed E-state index contributed by atoms with van der Waals surface area (Å²) in [4.78, 5) is 27.0. The van der Waals surface area contributed by atoms with Crippen LogP contribution in [0.2, 0.25) is 5.02 Å². The van der Waals surface area contributed by atoms with E-state index in [1.807, 2.05) is 29.2 Å². The van der Waals surface area contributed by atoms with Crippen LogP contribution in [0.15, 0.2) is 24.3 Å². The van der Waals surface area contributed by atoms with Crippen molar-refractivity contribution in [2.24, 2.45) is 0 Å². The van der Waals surface area contributed by atoms with Gasteiger partial charge in [0.05, 0.1) is 0 Å². The van der Waals surface area contributed by atoms with Gasteiger partial charge in [0.15, 0.2) is 0 Å². The first kappa shape index (κ1) is 14.9. The zero-order valence-corrected chi connectivity index (χ0v) is 12.4. The van der Waals surface area contributed by atoms with E-state index >= 15 is 0 Å². The topological polar surface area (TPSA) is 40.6 Å². The molecule has 1 aromatic rings. The zero-order chi connectivity index (χ0) is 14.5. The molecule has 108 valence electrons. The molecule has 1 aliphatic heterocycles. The normalized spacial score (nSPS) is 15.3. The van der Waals surface area contributed by atoms with Crippen LogP contribution >= 0.6 is 11.6 Å². The van der Waals surface area contributed by atoms with Crippen LogP contribution in [0.25, 0.3) is 0 Å². The molecule has 0 aromatic heterocycles. The molecule has 0 unspecified atom stereocenters. The number of amides is 2. The Kier molecular flexibility index (Phi) is 5.01. The maximum absolute atomic E-state index is 12.1. The van der Waals surface area contributed by atoms with Crippen LogP contribution in [0.5, 0.6) is 0 Å². The van der Waals surface area contributed by atoms with Crippen LogP contribution in [-0.4, -0.2) is 47.8 Å². The second-order valence-electron chi connectivity index (χ2n) is 4.98. The van der Waals surface area contributed by atoms with Gasteiger partial charge in [0, 0.05) is 44.5 Å². The van der Waals surface area contributed by atoms with Gasteiger partial charge in [0.2, 0.25) is 11.8 Å². The monoisotopic (exact) mass is 294 g/mol. The SMILES string of the molecule is CC(=O)N1CCN(C(=O)CCc2ccccc2Cl)CC1. The number of hydrogen-bond acceptors (Lipinski definition) is 2. The molecule has 0 N–H and O–H groups in total. The summed E-state index contributed by atoms with van der Waals surface area (Å²) in [6.45, 7) is 4.08. The predicted molar refractivity (Wildman–Crippen MR) is 78.6 cm³/mol. The third kappa shape index (κ3) is 3.73. The number of carbonyl (C=O) groups excluding carboxylic acids is 2. The minimum atomic E-state index is 0.0770. The standard InChI is InChI=1S/C15H19ClN2O2/c1-12(19)17-8-10-18(11-9-17)15(20)7-6-13-4-2-3-5-14(13)16/h2-5H,6-11H2,1H3. The predicted octanol–water partition coefficient (Wildman–Crippen LogP) is 1.96. The van der Waals surface area contributed by atoms with Crippen molar-refractivity contribution in [1.82, 2.24) is 9.80 Å². The molecule has 0 bridgehead atoms. The summed E-state index contributed by atoms with van der Waals surface area (Å²) >= 11 is 6.08. The second kappa shape index (κ2) is 6.75. The van der Waals surface area contributed by atoms with E-state index in [1.54, 1.807) is 11.8 Å². The van der Waals surface area contributed by atoms with Gasteiger partial charge in [-0.1, -0.05) is 29.8 Å². The molecule has 0 radical (unpaired) electrons. The molecule has 0 saturated carbocycles. The zero-order valence-electron chi connectivity index (χ0n) is 11.6. The van der Waals surface area contributed by atoms with Gasteiger partial charge in [-0.15, -0.1) is 0 Å². The van der Waals surface area contributed by atoms with Gasteiger partial charge < -0.3 is 9.80 Å². The fourth-order valence-electron chi connectivity index (χ4n) is 2.37. The molecule has 1 heterocycles. The summed E-state index contributed by atoms with van der Waals surface area (Å²) in [7, 11) is 0.